The molecule has 0 spiro atoms. The molecule has 0 aliphatic rings. The average molecular weight is 331 g/mol. The number of alkyl halides is 3. The van der Waals surface area contributed by atoms with Gasteiger partial charge in [-0.3, -0.25) is 4.79 Å². The van der Waals surface area contributed by atoms with Crippen LogP contribution in [-0.4, -0.2) is 17.6 Å². The number of halogens is 4. The van der Waals surface area contributed by atoms with Crippen LogP contribution in [0.25, 0.3) is 0 Å². The quantitative estimate of drug-likeness (QED) is 0.618. The smallest absolute Gasteiger partial charge is 0.403 e. The van der Waals surface area contributed by atoms with Gasteiger partial charge in [0.05, 0.1) is 0 Å². The van der Waals surface area contributed by atoms with E-state index in [0.717, 1.165) is 0 Å². The van der Waals surface area contributed by atoms with Gasteiger partial charge in [0.2, 0.25) is 0 Å². The lowest BCUT2D eigenvalue weighted by molar-refractivity contribution is -0.275. The lowest BCUT2D eigenvalue weighted by Gasteiger charge is -2.13. The summed E-state index contributed by atoms with van der Waals surface area (Å²) < 4.78 is 40.2. The second kappa shape index (κ2) is 4.33. The average Bonchev–Trinajstić information content (AvgIpc) is 2.11. The van der Waals surface area contributed by atoms with Crippen LogP contribution in [-0.2, 0) is 0 Å². The maximum atomic E-state index is 12.0. The van der Waals surface area contributed by atoms with Gasteiger partial charge in [0.25, 0.3) is 0 Å². The number of rotatable bonds is 2. The molecule has 1 rings (SSSR count). The Bertz CT molecular complexity index is 392. The van der Waals surface area contributed by atoms with E-state index >= 15 is 0 Å². The highest BCUT2D eigenvalue weighted by molar-refractivity contribution is 14.1. The fraction of sp³-hybridized carbons (Fsp3) is 0.250. The number of aromatic nitrogens is 1. The third kappa shape index (κ3) is 3.05. The number of ether oxygens (including phenoxy) is 1. The van der Waals surface area contributed by atoms with Crippen LogP contribution in [0.15, 0.2) is 6.20 Å². The lowest BCUT2D eigenvalue weighted by atomic mass is 10.2. The van der Waals surface area contributed by atoms with Crippen LogP contribution >= 0.6 is 22.6 Å². The Morgan fingerprint density at radius 2 is 2.13 bits per heavy atom. The summed E-state index contributed by atoms with van der Waals surface area (Å²) in [6, 6.07) is 0. The van der Waals surface area contributed by atoms with Crippen molar-refractivity contribution in [3.05, 3.63) is 21.0 Å². The SMILES string of the molecule is Cc1c(I)cnc(C=O)c1OC(F)(F)F. The van der Waals surface area contributed by atoms with Crippen LogP contribution in [0.4, 0.5) is 13.2 Å². The molecule has 0 unspecified atom stereocenters. The van der Waals surface area contributed by atoms with Crippen LogP contribution in [0.5, 0.6) is 5.75 Å². The van der Waals surface area contributed by atoms with E-state index in [1.165, 1.54) is 13.1 Å². The van der Waals surface area contributed by atoms with Gasteiger partial charge in [-0.2, -0.15) is 0 Å². The molecule has 15 heavy (non-hydrogen) atoms. The number of hydrogen-bond acceptors (Lipinski definition) is 3. The van der Waals surface area contributed by atoms with E-state index in [1.54, 1.807) is 0 Å². The molecule has 0 aliphatic heterocycles. The molecule has 0 aliphatic carbocycles. The highest BCUT2D eigenvalue weighted by Gasteiger charge is 2.33. The van der Waals surface area contributed by atoms with E-state index in [1.807, 2.05) is 22.6 Å². The number of aldehydes is 1. The van der Waals surface area contributed by atoms with Crippen molar-refractivity contribution in [3.63, 3.8) is 0 Å². The summed E-state index contributed by atoms with van der Waals surface area (Å²) in [5, 5.41) is 0. The number of carbonyl (C=O) groups is 1. The first-order chi connectivity index (χ1) is 6.85. The van der Waals surface area contributed by atoms with Crippen LogP contribution in [0.1, 0.15) is 16.1 Å². The lowest BCUT2D eigenvalue weighted by Crippen LogP contribution is -2.19. The summed E-state index contributed by atoms with van der Waals surface area (Å²) in [7, 11) is 0. The molecule has 1 aromatic rings. The first-order valence-corrected chi connectivity index (χ1v) is 4.79. The van der Waals surface area contributed by atoms with Crippen molar-refractivity contribution in [3.8, 4) is 5.75 Å². The predicted molar refractivity (Wildman–Crippen MR) is 53.8 cm³/mol. The second-order valence-corrected chi connectivity index (χ2v) is 3.77. The molecular formula is C8H5F3INO2. The normalized spacial score (nSPS) is 11.3. The van der Waals surface area contributed by atoms with Crippen LogP contribution in [0.2, 0.25) is 0 Å². The maximum Gasteiger partial charge on any atom is 0.573 e. The van der Waals surface area contributed by atoms with Crippen molar-refractivity contribution in [2.75, 3.05) is 0 Å². The third-order valence-electron chi connectivity index (χ3n) is 1.58. The molecule has 0 bridgehead atoms. The van der Waals surface area contributed by atoms with Gasteiger partial charge in [-0.15, -0.1) is 13.2 Å². The summed E-state index contributed by atoms with van der Waals surface area (Å²) >= 11 is 1.81. The van der Waals surface area contributed by atoms with E-state index in [9.17, 15) is 18.0 Å². The Balaban J connectivity index is 3.24. The maximum absolute atomic E-state index is 12.0. The van der Waals surface area contributed by atoms with Crippen LogP contribution in [0, 0.1) is 10.5 Å². The van der Waals surface area contributed by atoms with Gasteiger partial charge in [-0.1, -0.05) is 0 Å². The van der Waals surface area contributed by atoms with E-state index in [0.29, 0.717) is 3.57 Å². The number of carbonyl (C=O) groups excluding carboxylic acids is 1. The van der Waals surface area contributed by atoms with Crippen molar-refractivity contribution in [1.82, 2.24) is 4.98 Å². The predicted octanol–water partition coefficient (Wildman–Crippen LogP) is 2.71. The van der Waals surface area contributed by atoms with Gasteiger partial charge < -0.3 is 4.74 Å². The van der Waals surface area contributed by atoms with Gasteiger partial charge in [0.1, 0.15) is 5.69 Å². The van der Waals surface area contributed by atoms with E-state index in [4.69, 9.17) is 0 Å². The standard InChI is InChI=1S/C8H5F3INO2/c1-4-5(12)2-13-6(3-14)7(4)15-8(9,10)11/h2-3H,1H3. The molecule has 3 nitrogen and oxygen atoms in total. The Kier molecular flexibility index (Phi) is 3.53. The summed E-state index contributed by atoms with van der Waals surface area (Å²) in [6.45, 7) is 1.43. The van der Waals surface area contributed by atoms with Crippen molar-refractivity contribution >= 4 is 28.9 Å². The molecule has 0 atom stereocenters. The van der Waals surface area contributed by atoms with Crippen LogP contribution in [0.3, 0.4) is 0 Å². The van der Waals surface area contributed by atoms with Gasteiger partial charge in [0.15, 0.2) is 12.0 Å². The molecule has 0 saturated heterocycles. The minimum Gasteiger partial charge on any atom is -0.403 e. The summed E-state index contributed by atoms with van der Waals surface area (Å²) in [5.74, 6) is -0.538. The zero-order chi connectivity index (χ0) is 11.6. The van der Waals surface area contributed by atoms with E-state index in [2.05, 4.69) is 9.72 Å². The largest absolute Gasteiger partial charge is 0.573 e. The molecule has 0 amide bonds. The van der Waals surface area contributed by atoms with Gasteiger partial charge in [-0.25, -0.2) is 4.98 Å². The zero-order valence-corrected chi connectivity index (χ0v) is 9.59. The molecule has 0 radical (unpaired) electrons. The number of hydrogen-bond donors (Lipinski definition) is 0. The van der Waals surface area contributed by atoms with Crippen molar-refractivity contribution in [1.29, 1.82) is 0 Å². The summed E-state index contributed by atoms with van der Waals surface area (Å²) in [6.07, 6.45) is -3.29. The highest BCUT2D eigenvalue weighted by Crippen LogP contribution is 2.30. The minimum absolute atomic E-state index is 0.226. The molecule has 1 aromatic heterocycles. The summed E-state index contributed by atoms with van der Waals surface area (Å²) in [5.41, 5.74) is -0.115. The van der Waals surface area contributed by atoms with Crippen molar-refractivity contribution < 1.29 is 22.7 Å². The Morgan fingerprint density at radius 1 is 1.53 bits per heavy atom. The van der Waals surface area contributed by atoms with Gasteiger partial charge in [0, 0.05) is 15.3 Å². The molecule has 0 fully saturated rings. The van der Waals surface area contributed by atoms with Crippen LogP contribution < -0.4 is 4.74 Å². The number of nitrogens with zero attached hydrogens (tertiary/aromatic N) is 1. The fourth-order valence-electron chi connectivity index (χ4n) is 0.911. The molecule has 0 saturated carbocycles. The van der Waals surface area contributed by atoms with Crippen molar-refractivity contribution in [2.45, 2.75) is 13.3 Å². The first-order valence-electron chi connectivity index (χ1n) is 3.71. The molecule has 7 heteroatoms. The monoisotopic (exact) mass is 331 g/mol. The first kappa shape index (κ1) is 12.2. The third-order valence-corrected chi connectivity index (χ3v) is 2.67. The Hall–Kier alpha value is -0.860. The molecule has 82 valence electrons. The van der Waals surface area contributed by atoms with E-state index < -0.39 is 12.1 Å². The van der Waals surface area contributed by atoms with Crippen molar-refractivity contribution in [2.24, 2.45) is 0 Å². The zero-order valence-electron chi connectivity index (χ0n) is 7.43. The second-order valence-electron chi connectivity index (χ2n) is 2.61. The minimum atomic E-state index is -4.82. The fourth-order valence-corrected chi connectivity index (χ4v) is 1.29. The number of pyridine rings is 1. The van der Waals surface area contributed by atoms with Gasteiger partial charge >= 0.3 is 6.36 Å². The highest BCUT2D eigenvalue weighted by atomic mass is 127. The topological polar surface area (TPSA) is 39.2 Å². The molecule has 0 N–H and O–H groups in total. The Morgan fingerprint density at radius 3 is 2.60 bits per heavy atom. The summed E-state index contributed by atoms with van der Waals surface area (Å²) in [4.78, 5) is 14.0. The molecular weight excluding hydrogens is 326 g/mol. The Labute approximate surface area is 96.8 Å². The molecule has 0 aromatic carbocycles. The molecule has 1 heterocycles. The van der Waals surface area contributed by atoms with E-state index in [-0.39, 0.29) is 17.5 Å². The van der Waals surface area contributed by atoms with Gasteiger partial charge in [-0.05, 0) is 29.5 Å².